The Bertz CT molecular complexity index is 308. The van der Waals surface area contributed by atoms with Gasteiger partial charge in [0.05, 0.1) is 0 Å². The summed E-state index contributed by atoms with van der Waals surface area (Å²) in [5.41, 5.74) is 0. The molecule has 18 heavy (non-hydrogen) atoms. The van der Waals surface area contributed by atoms with Crippen molar-refractivity contribution in [2.45, 2.75) is 63.8 Å². The van der Waals surface area contributed by atoms with Crippen LogP contribution < -0.4 is 0 Å². The summed E-state index contributed by atoms with van der Waals surface area (Å²) >= 11 is 0. The Hall–Kier alpha value is -1.06. The van der Waals surface area contributed by atoms with Crippen molar-refractivity contribution in [2.24, 2.45) is 5.92 Å². The molecule has 0 aromatic heterocycles. The van der Waals surface area contributed by atoms with Crippen LogP contribution in [0.4, 0.5) is 0 Å². The lowest BCUT2D eigenvalue weighted by molar-refractivity contribution is -0.148. The van der Waals surface area contributed by atoms with Crippen molar-refractivity contribution in [1.29, 1.82) is 0 Å². The Labute approximate surface area is 108 Å². The van der Waals surface area contributed by atoms with Crippen LogP contribution in [-0.4, -0.2) is 34.5 Å². The van der Waals surface area contributed by atoms with Gasteiger partial charge in [0.2, 0.25) is 5.91 Å². The molecule has 4 nitrogen and oxygen atoms in total. The first-order valence-electron chi connectivity index (χ1n) is 7.21. The molecule has 0 aromatic rings. The van der Waals surface area contributed by atoms with E-state index >= 15 is 0 Å². The minimum Gasteiger partial charge on any atom is -0.480 e. The lowest BCUT2D eigenvalue weighted by atomic mass is 9.96. The van der Waals surface area contributed by atoms with Crippen LogP contribution in [0.5, 0.6) is 0 Å². The largest absolute Gasteiger partial charge is 0.480 e. The summed E-state index contributed by atoms with van der Waals surface area (Å²) in [5.74, 6) is -0.302. The quantitative estimate of drug-likeness (QED) is 0.786. The third-order valence-corrected chi connectivity index (χ3v) is 4.30. The molecule has 1 N–H and O–H groups in total. The fourth-order valence-corrected chi connectivity index (χ4v) is 3.25. The van der Waals surface area contributed by atoms with Gasteiger partial charge in [-0.1, -0.05) is 25.7 Å². The number of carboxylic acid groups (broad SMARTS) is 1. The fraction of sp³-hybridized carbons (Fsp3) is 0.857. The van der Waals surface area contributed by atoms with Crippen LogP contribution in [0.3, 0.4) is 0 Å². The molecule has 0 aromatic carbocycles. The summed E-state index contributed by atoms with van der Waals surface area (Å²) in [6.07, 6.45) is 9.29. The highest BCUT2D eigenvalue weighted by Gasteiger charge is 2.34. The Balaban J connectivity index is 1.88. The van der Waals surface area contributed by atoms with E-state index in [1.165, 1.54) is 25.7 Å². The number of aliphatic carboxylic acids is 1. The number of hydrogen-bond donors (Lipinski definition) is 1. The Morgan fingerprint density at radius 2 is 1.67 bits per heavy atom. The first-order chi connectivity index (χ1) is 8.68. The lowest BCUT2D eigenvalue weighted by Crippen LogP contribution is -2.41. The summed E-state index contributed by atoms with van der Waals surface area (Å²) in [4.78, 5) is 24.9. The zero-order chi connectivity index (χ0) is 13.0. The third kappa shape index (κ3) is 3.24. The van der Waals surface area contributed by atoms with E-state index in [1.807, 2.05) is 0 Å². The van der Waals surface area contributed by atoms with E-state index in [0.29, 0.717) is 25.3 Å². The number of carbonyl (C=O) groups excluding carboxylic acids is 1. The Morgan fingerprint density at radius 3 is 2.28 bits per heavy atom. The first-order valence-corrected chi connectivity index (χ1v) is 7.21. The highest BCUT2D eigenvalue weighted by atomic mass is 16.4. The van der Waals surface area contributed by atoms with E-state index < -0.39 is 12.0 Å². The van der Waals surface area contributed by atoms with Gasteiger partial charge in [0, 0.05) is 13.0 Å². The summed E-state index contributed by atoms with van der Waals surface area (Å²) in [6.45, 7) is 0.628. The molecule has 1 saturated heterocycles. The van der Waals surface area contributed by atoms with Gasteiger partial charge in [0.1, 0.15) is 6.04 Å². The second-order valence-electron chi connectivity index (χ2n) is 5.65. The van der Waals surface area contributed by atoms with Gasteiger partial charge < -0.3 is 10.0 Å². The molecule has 2 fully saturated rings. The van der Waals surface area contributed by atoms with Crippen LogP contribution in [0, 0.1) is 5.92 Å². The number of carboxylic acids is 1. The predicted octanol–water partition coefficient (Wildman–Crippen LogP) is 2.42. The lowest BCUT2D eigenvalue weighted by Gasteiger charge is -2.24. The maximum atomic E-state index is 12.2. The van der Waals surface area contributed by atoms with Crippen LogP contribution in [0.2, 0.25) is 0 Å². The van der Waals surface area contributed by atoms with E-state index in [2.05, 4.69) is 0 Å². The van der Waals surface area contributed by atoms with Gasteiger partial charge >= 0.3 is 5.97 Å². The molecular formula is C14H23NO3. The molecule has 1 unspecified atom stereocenters. The summed E-state index contributed by atoms with van der Waals surface area (Å²) in [5, 5.41) is 9.09. The van der Waals surface area contributed by atoms with Crippen LogP contribution >= 0.6 is 0 Å². The van der Waals surface area contributed by atoms with Gasteiger partial charge in [-0.25, -0.2) is 4.79 Å². The molecule has 1 atom stereocenters. The van der Waals surface area contributed by atoms with E-state index in [1.54, 1.807) is 4.90 Å². The second-order valence-corrected chi connectivity index (χ2v) is 5.65. The van der Waals surface area contributed by atoms with Crippen LogP contribution in [0.15, 0.2) is 0 Å². The van der Waals surface area contributed by atoms with Crippen molar-refractivity contribution in [3.8, 4) is 0 Å². The monoisotopic (exact) mass is 253 g/mol. The maximum Gasteiger partial charge on any atom is 0.326 e. The number of carbonyl (C=O) groups is 2. The molecule has 0 radical (unpaired) electrons. The molecule has 2 rings (SSSR count). The molecule has 1 aliphatic heterocycles. The summed E-state index contributed by atoms with van der Waals surface area (Å²) in [6, 6.07) is -0.566. The topological polar surface area (TPSA) is 57.6 Å². The molecule has 1 saturated carbocycles. The van der Waals surface area contributed by atoms with Gasteiger partial charge in [-0.2, -0.15) is 0 Å². The van der Waals surface area contributed by atoms with Gasteiger partial charge in [-0.15, -0.1) is 0 Å². The van der Waals surface area contributed by atoms with Crippen LogP contribution in [-0.2, 0) is 9.59 Å². The van der Waals surface area contributed by atoms with Crippen molar-refractivity contribution < 1.29 is 14.7 Å². The van der Waals surface area contributed by atoms with E-state index in [4.69, 9.17) is 5.11 Å². The molecule has 1 amide bonds. The standard InChI is InChI=1S/C14H23NO3/c16-13(10-11-6-3-1-2-4-7-11)15-9-5-8-12(15)14(17)18/h11-12H,1-10H2,(H,17,18). The van der Waals surface area contributed by atoms with Gasteiger partial charge in [-0.05, 0) is 31.6 Å². The Kier molecular flexibility index (Phi) is 4.61. The van der Waals surface area contributed by atoms with Crippen molar-refractivity contribution in [3.63, 3.8) is 0 Å². The first kappa shape index (κ1) is 13.4. The molecule has 2 aliphatic rings. The normalized spacial score (nSPS) is 26.0. The van der Waals surface area contributed by atoms with Crippen molar-refractivity contribution >= 4 is 11.9 Å². The van der Waals surface area contributed by atoms with Gasteiger partial charge in [0.25, 0.3) is 0 Å². The Morgan fingerprint density at radius 1 is 1.00 bits per heavy atom. The number of rotatable bonds is 3. The van der Waals surface area contributed by atoms with Crippen LogP contribution in [0.1, 0.15) is 57.8 Å². The second kappa shape index (κ2) is 6.21. The van der Waals surface area contributed by atoms with Crippen LogP contribution in [0.25, 0.3) is 0 Å². The molecule has 4 heteroatoms. The SMILES string of the molecule is O=C(O)C1CCCN1C(=O)CC1CCCCCC1. The predicted molar refractivity (Wildman–Crippen MR) is 68.2 cm³/mol. The minimum absolute atomic E-state index is 0.0619. The molecule has 0 spiro atoms. The van der Waals surface area contributed by atoms with Crippen molar-refractivity contribution in [1.82, 2.24) is 4.90 Å². The molecule has 1 aliphatic carbocycles. The number of nitrogens with zero attached hydrogens (tertiary/aromatic N) is 1. The highest BCUT2D eigenvalue weighted by Crippen LogP contribution is 2.27. The summed E-state index contributed by atoms with van der Waals surface area (Å²) in [7, 11) is 0. The van der Waals surface area contributed by atoms with Crippen molar-refractivity contribution in [2.75, 3.05) is 6.54 Å². The zero-order valence-corrected chi connectivity index (χ0v) is 10.9. The summed E-state index contributed by atoms with van der Waals surface area (Å²) < 4.78 is 0. The molecule has 102 valence electrons. The van der Waals surface area contributed by atoms with E-state index in [-0.39, 0.29) is 5.91 Å². The molecular weight excluding hydrogens is 230 g/mol. The molecule has 1 heterocycles. The minimum atomic E-state index is -0.846. The van der Waals surface area contributed by atoms with Crippen molar-refractivity contribution in [3.05, 3.63) is 0 Å². The van der Waals surface area contributed by atoms with E-state index in [0.717, 1.165) is 19.3 Å². The highest BCUT2D eigenvalue weighted by molar-refractivity contribution is 5.84. The fourth-order valence-electron chi connectivity index (χ4n) is 3.25. The average Bonchev–Trinajstić information content (AvgIpc) is 2.70. The number of amides is 1. The third-order valence-electron chi connectivity index (χ3n) is 4.30. The number of likely N-dealkylation sites (tertiary alicyclic amines) is 1. The average molecular weight is 253 g/mol. The number of hydrogen-bond acceptors (Lipinski definition) is 2. The smallest absolute Gasteiger partial charge is 0.326 e. The zero-order valence-electron chi connectivity index (χ0n) is 10.9. The van der Waals surface area contributed by atoms with E-state index in [9.17, 15) is 9.59 Å². The molecule has 0 bridgehead atoms. The maximum absolute atomic E-state index is 12.2. The van der Waals surface area contributed by atoms with Gasteiger partial charge in [-0.3, -0.25) is 4.79 Å². The van der Waals surface area contributed by atoms with Gasteiger partial charge in [0.15, 0.2) is 0 Å².